The van der Waals surface area contributed by atoms with E-state index in [1.165, 1.54) is 16.8 Å². The van der Waals surface area contributed by atoms with Gasteiger partial charge in [0.15, 0.2) is 0 Å². The predicted molar refractivity (Wildman–Crippen MR) is 76.7 cm³/mol. The zero-order valence-corrected chi connectivity index (χ0v) is 12.6. The van der Waals surface area contributed by atoms with E-state index in [4.69, 9.17) is 4.74 Å². The molecule has 23 heavy (non-hydrogen) atoms. The molecule has 3 heterocycles. The molecule has 0 saturated carbocycles. The van der Waals surface area contributed by atoms with Crippen molar-refractivity contribution >= 4 is 0 Å². The molecule has 5 nitrogen and oxygen atoms in total. The van der Waals surface area contributed by atoms with E-state index in [9.17, 15) is 13.2 Å². The lowest BCUT2D eigenvalue weighted by molar-refractivity contribution is 0.142. The first kappa shape index (κ1) is 15.8. The zero-order valence-electron chi connectivity index (χ0n) is 12.6. The van der Waals surface area contributed by atoms with Crippen molar-refractivity contribution in [3.63, 3.8) is 0 Å². The highest BCUT2D eigenvalue weighted by Gasteiger charge is 2.27. The highest BCUT2D eigenvalue weighted by Crippen LogP contribution is 2.24. The van der Waals surface area contributed by atoms with Crippen LogP contribution in [0.1, 0.15) is 24.1 Å². The number of likely N-dealkylation sites (tertiary alicyclic amines) is 1. The van der Waals surface area contributed by atoms with E-state index in [1.807, 2.05) is 4.90 Å². The van der Waals surface area contributed by atoms with Crippen LogP contribution < -0.4 is 4.74 Å². The maximum absolute atomic E-state index is 13.0. The second-order valence-electron chi connectivity index (χ2n) is 5.58. The maximum Gasteiger partial charge on any atom is 0.282 e. The van der Waals surface area contributed by atoms with Crippen LogP contribution in [0.4, 0.5) is 13.2 Å². The minimum Gasteiger partial charge on any atom is -0.473 e. The molecule has 1 aliphatic heterocycles. The van der Waals surface area contributed by atoms with Crippen LogP contribution in [0.25, 0.3) is 0 Å². The molecule has 1 saturated heterocycles. The second kappa shape index (κ2) is 6.57. The van der Waals surface area contributed by atoms with Crippen molar-refractivity contribution in [2.45, 2.75) is 25.5 Å². The van der Waals surface area contributed by atoms with Gasteiger partial charge in [0.05, 0.1) is 0 Å². The first-order valence-electron chi connectivity index (χ1n) is 7.33. The third-order valence-electron chi connectivity index (χ3n) is 3.74. The van der Waals surface area contributed by atoms with Crippen molar-refractivity contribution in [2.24, 2.45) is 7.05 Å². The van der Waals surface area contributed by atoms with E-state index in [2.05, 4.69) is 10.1 Å². The van der Waals surface area contributed by atoms with Gasteiger partial charge in [-0.15, -0.1) is 0 Å². The molecule has 2 aromatic heterocycles. The van der Waals surface area contributed by atoms with Gasteiger partial charge in [0.1, 0.15) is 11.8 Å². The van der Waals surface area contributed by atoms with Crippen LogP contribution in [0.2, 0.25) is 0 Å². The predicted octanol–water partition coefficient (Wildman–Crippen LogP) is 2.55. The largest absolute Gasteiger partial charge is 0.473 e. The van der Waals surface area contributed by atoms with Gasteiger partial charge in [-0.05, 0) is 12.5 Å². The highest BCUT2D eigenvalue weighted by molar-refractivity contribution is 5.18. The smallest absolute Gasteiger partial charge is 0.282 e. The molecule has 1 aliphatic rings. The first-order chi connectivity index (χ1) is 11.0. The Hall–Kier alpha value is -2.09. The Bertz CT molecular complexity index is 676. The van der Waals surface area contributed by atoms with Gasteiger partial charge >= 0.3 is 0 Å². The molecule has 0 radical (unpaired) electrons. The average molecular weight is 326 g/mol. The Morgan fingerprint density at radius 3 is 2.96 bits per heavy atom. The SMILES string of the molecule is Cn1cc(CN2CCC(Oc3cccc(F)n3)C2)c(C(F)F)n1. The number of hydrogen-bond acceptors (Lipinski definition) is 4. The summed E-state index contributed by atoms with van der Waals surface area (Å²) >= 11 is 0. The molecule has 3 rings (SSSR count). The Balaban J connectivity index is 1.60. The second-order valence-corrected chi connectivity index (χ2v) is 5.58. The van der Waals surface area contributed by atoms with Gasteiger partial charge in [-0.2, -0.15) is 14.5 Å². The Labute approximate surface area is 131 Å². The molecule has 0 aliphatic carbocycles. The zero-order chi connectivity index (χ0) is 16.4. The molecule has 1 unspecified atom stereocenters. The van der Waals surface area contributed by atoms with Crippen molar-refractivity contribution in [1.29, 1.82) is 0 Å². The van der Waals surface area contributed by atoms with Crippen molar-refractivity contribution in [3.05, 3.63) is 41.6 Å². The summed E-state index contributed by atoms with van der Waals surface area (Å²) in [7, 11) is 1.63. The molecule has 0 amide bonds. The highest BCUT2D eigenvalue weighted by atomic mass is 19.3. The quantitative estimate of drug-likeness (QED) is 0.792. The number of aromatic nitrogens is 3. The van der Waals surface area contributed by atoms with Gasteiger partial charge in [0.2, 0.25) is 11.8 Å². The van der Waals surface area contributed by atoms with Crippen LogP contribution in [0.15, 0.2) is 24.4 Å². The van der Waals surface area contributed by atoms with Crippen molar-refractivity contribution < 1.29 is 17.9 Å². The van der Waals surface area contributed by atoms with Gasteiger partial charge in [-0.1, -0.05) is 6.07 Å². The van der Waals surface area contributed by atoms with Gasteiger partial charge in [0.25, 0.3) is 6.43 Å². The normalized spacial score (nSPS) is 18.7. The maximum atomic E-state index is 13.0. The fourth-order valence-corrected chi connectivity index (χ4v) is 2.76. The fourth-order valence-electron chi connectivity index (χ4n) is 2.76. The van der Waals surface area contributed by atoms with E-state index >= 15 is 0 Å². The van der Waals surface area contributed by atoms with Crippen molar-refractivity contribution in [1.82, 2.24) is 19.7 Å². The summed E-state index contributed by atoms with van der Waals surface area (Å²) in [5, 5.41) is 3.81. The summed E-state index contributed by atoms with van der Waals surface area (Å²) in [5.41, 5.74) is 0.343. The van der Waals surface area contributed by atoms with Crippen LogP contribution in [0.3, 0.4) is 0 Å². The summed E-state index contributed by atoms with van der Waals surface area (Å²) in [4.78, 5) is 5.69. The van der Waals surface area contributed by atoms with E-state index in [1.54, 1.807) is 19.3 Å². The number of rotatable bonds is 5. The lowest BCUT2D eigenvalue weighted by Gasteiger charge is -2.16. The van der Waals surface area contributed by atoms with E-state index in [-0.39, 0.29) is 17.7 Å². The molecule has 1 fully saturated rings. The number of pyridine rings is 1. The van der Waals surface area contributed by atoms with Crippen LogP contribution in [-0.2, 0) is 13.6 Å². The standard InChI is InChI=1S/C15H17F3N4O/c1-21-7-10(14(20-21)15(17)18)8-22-6-5-11(9-22)23-13-4-2-3-12(16)19-13/h2-4,7,11,15H,5-6,8-9H2,1H3. The van der Waals surface area contributed by atoms with Gasteiger partial charge in [0, 0.05) is 44.5 Å². The molecule has 0 bridgehead atoms. The number of hydrogen-bond donors (Lipinski definition) is 0. The summed E-state index contributed by atoms with van der Waals surface area (Å²) in [6, 6.07) is 4.39. The topological polar surface area (TPSA) is 43.2 Å². The van der Waals surface area contributed by atoms with Crippen LogP contribution in [0.5, 0.6) is 5.88 Å². The number of aryl methyl sites for hydroxylation is 1. The molecule has 0 spiro atoms. The number of ether oxygens (including phenoxy) is 1. The molecule has 124 valence electrons. The Kier molecular flexibility index (Phi) is 4.51. The minimum absolute atomic E-state index is 0.129. The van der Waals surface area contributed by atoms with E-state index in [0.29, 0.717) is 18.7 Å². The number of alkyl halides is 2. The van der Waals surface area contributed by atoms with E-state index < -0.39 is 12.4 Å². The average Bonchev–Trinajstić information content (AvgIpc) is 3.06. The molecule has 2 aromatic rings. The number of nitrogens with zero attached hydrogens (tertiary/aromatic N) is 4. The van der Waals surface area contributed by atoms with Gasteiger partial charge < -0.3 is 4.74 Å². The van der Waals surface area contributed by atoms with Crippen LogP contribution >= 0.6 is 0 Å². The Morgan fingerprint density at radius 1 is 1.39 bits per heavy atom. The molecule has 1 atom stereocenters. The Morgan fingerprint density at radius 2 is 2.22 bits per heavy atom. The third kappa shape index (κ3) is 3.82. The monoisotopic (exact) mass is 326 g/mol. The van der Waals surface area contributed by atoms with Crippen molar-refractivity contribution in [2.75, 3.05) is 13.1 Å². The fraction of sp³-hybridized carbons (Fsp3) is 0.467. The molecular weight excluding hydrogens is 309 g/mol. The summed E-state index contributed by atoms with van der Waals surface area (Å²) in [6.07, 6.45) is -0.361. The first-order valence-corrected chi connectivity index (χ1v) is 7.33. The molecule has 0 aromatic carbocycles. The van der Waals surface area contributed by atoms with Crippen LogP contribution in [0, 0.1) is 5.95 Å². The van der Waals surface area contributed by atoms with E-state index in [0.717, 1.165) is 13.0 Å². The summed E-state index contributed by atoms with van der Waals surface area (Å²) in [5.74, 6) is -0.346. The molecular formula is C15H17F3N4O. The van der Waals surface area contributed by atoms with Gasteiger partial charge in [-0.25, -0.2) is 8.78 Å². The molecule has 0 N–H and O–H groups in total. The summed E-state index contributed by atoms with van der Waals surface area (Å²) < 4.78 is 46.0. The lowest BCUT2D eigenvalue weighted by atomic mass is 10.2. The lowest BCUT2D eigenvalue weighted by Crippen LogP contribution is -2.25. The third-order valence-corrected chi connectivity index (χ3v) is 3.74. The minimum atomic E-state index is -2.59. The van der Waals surface area contributed by atoms with Gasteiger partial charge in [-0.3, -0.25) is 9.58 Å². The van der Waals surface area contributed by atoms with Crippen molar-refractivity contribution in [3.8, 4) is 5.88 Å². The van der Waals surface area contributed by atoms with Crippen LogP contribution in [-0.4, -0.2) is 38.9 Å². The summed E-state index contributed by atoms with van der Waals surface area (Å²) in [6.45, 7) is 1.69. The number of halogens is 3. The molecule has 8 heteroatoms.